The van der Waals surface area contributed by atoms with Crippen LogP contribution < -0.4 is 26.6 Å². The Morgan fingerprint density at radius 3 is 0.667 bits per heavy atom. The van der Waals surface area contributed by atoms with E-state index in [1.165, 1.54) is 142 Å². The monoisotopic (exact) mass is 1370 g/mol. The Morgan fingerprint density at radius 2 is 0.479 bits per heavy atom. The van der Waals surface area contributed by atoms with Crippen LogP contribution in [0.3, 0.4) is 0 Å². The molecule has 0 aliphatic carbocycles. The molecule has 0 atom stereocenters. The average molecular weight is 1370 g/mol. The summed E-state index contributed by atoms with van der Waals surface area (Å²) in [5.41, 5.74) is 3.65. The quantitative estimate of drug-likeness (QED) is 0.119. The lowest BCUT2D eigenvalue weighted by Gasteiger charge is -2.45. The minimum atomic E-state index is 0.429. The maximum absolute atomic E-state index is 5.61. The Labute approximate surface area is 613 Å². The minimum Gasteiger partial charge on any atom is -0.381 e. The van der Waals surface area contributed by atoms with E-state index in [4.69, 9.17) is 9.47 Å². The molecule has 7 aliphatic heterocycles. The molecular formula is C89H197N5O2. The van der Waals surface area contributed by atoms with Crippen molar-refractivity contribution < 1.29 is 9.47 Å². The van der Waals surface area contributed by atoms with Crippen molar-refractivity contribution in [3.63, 3.8) is 0 Å². The lowest BCUT2D eigenvalue weighted by Crippen LogP contribution is -2.56. The van der Waals surface area contributed by atoms with Gasteiger partial charge in [0.15, 0.2) is 0 Å². The second-order valence-corrected chi connectivity index (χ2v) is 32.6. The number of ether oxygens (including phenoxy) is 2. The van der Waals surface area contributed by atoms with E-state index in [0.717, 1.165) is 109 Å². The van der Waals surface area contributed by atoms with Gasteiger partial charge in [-0.2, -0.15) is 0 Å². The molecule has 7 saturated heterocycles. The van der Waals surface area contributed by atoms with E-state index in [0.29, 0.717) is 38.2 Å². The van der Waals surface area contributed by atoms with Crippen molar-refractivity contribution in [1.29, 1.82) is 0 Å². The van der Waals surface area contributed by atoms with Gasteiger partial charge >= 0.3 is 0 Å². The van der Waals surface area contributed by atoms with Gasteiger partial charge in [-0.15, -0.1) is 0 Å². The Kier molecular flexibility index (Phi) is 69.4. The van der Waals surface area contributed by atoms with Crippen molar-refractivity contribution in [2.45, 2.75) is 392 Å². The van der Waals surface area contributed by atoms with Crippen LogP contribution in [0.25, 0.3) is 0 Å². The molecule has 0 unspecified atom stereocenters. The number of nitrogens with one attached hydrogen (secondary N) is 5. The molecule has 0 amide bonds. The van der Waals surface area contributed by atoms with Crippen LogP contribution in [0.2, 0.25) is 0 Å². The molecule has 0 aromatic heterocycles. The second-order valence-electron chi connectivity index (χ2n) is 32.6. The molecule has 0 radical (unpaired) electrons. The standard InChI is InChI=1S/3C11H23N.2C11H22O.2C10H21N.7C2H6/c1-9(2)11(10(3)4)5-7-12-8-6-11;1-9(2)11(10(3)4)6-5-7-12-8-11;1-9(2)11(10(3)4)7-5-6-8-12-11;1-9(2)11(10(3)4)5-7-12-8-6-11;1-9(2)11(10(3)4)6-5-7-12-8-11;1-8(2)10(9(3)4)5-6-11-7-10;1-8(2)10(9(3)4)6-5-7-11-10;7*1-2/h3*9-10,12H,5-8H2,1-4H3;2*9-10H,5-8H2,1-4H3;2*8-9,11H,5-7H2,1-4H3;7*1-2H3. The van der Waals surface area contributed by atoms with Gasteiger partial charge in [0.2, 0.25) is 0 Å². The van der Waals surface area contributed by atoms with Gasteiger partial charge in [0.1, 0.15) is 0 Å². The molecule has 0 bridgehead atoms. The highest BCUT2D eigenvalue weighted by Crippen LogP contribution is 2.47. The fourth-order valence-corrected chi connectivity index (χ4v) is 17.7. The van der Waals surface area contributed by atoms with Gasteiger partial charge in [0, 0.05) is 44.0 Å². The van der Waals surface area contributed by atoms with Crippen LogP contribution in [0.1, 0.15) is 381 Å². The maximum Gasteiger partial charge on any atom is 0.0527 e. The van der Waals surface area contributed by atoms with Crippen molar-refractivity contribution in [3.8, 4) is 0 Å². The van der Waals surface area contributed by atoms with E-state index < -0.39 is 0 Å². The zero-order valence-electron chi connectivity index (χ0n) is 75.3. The van der Waals surface area contributed by atoms with Crippen LogP contribution in [0.5, 0.6) is 0 Å². The summed E-state index contributed by atoms with van der Waals surface area (Å²) in [6.07, 6.45) is 18.8. The normalized spacial score (nSPS) is 20.5. The molecule has 7 heterocycles. The Bertz CT molecular complexity index is 1270. The van der Waals surface area contributed by atoms with Gasteiger partial charge in [0.05, 0.1) is 6.61 Å². The van der Waals surface area contributed by atoms with Crippen molar-refractivity contribution in [2.24, 2.45) is 110 Å². The summed E-state index contributed by atoms with van der Waals surface area (Å²) in [5, 5.41) is 17.9. The third kappa shape index (κ3) is 35.0. The lowest BCUT2D eigenvalue weighted by atomic mass is 9.63. The molecule has 590 valence electrons. The van der Waals surface area contributed by atoms with E-state index in [9.17, 15) is 0 Å². The number of rotatable bonds is 14. The van der Waals surface area contributed by atoms with Crippen molar-refractivity contribution >= 4 is 0 Å². The second kappa shape index (κ2) is 61.1. The molecule has 0 aromatic rings. The molecule has 7 fully saturated rings. The molecule has 5 N–H and O–H groups in total. The van der Waals surface area contributed by atoms with E-state index in [1.807, 2.05) is 96.9 Å². The van der Waals surface area contributed by atoms with Crippen molar-refractivity contribution in [1.82, 2.24) is 26.6 Å². The summed E-state index contributed by atoms with van der Waals surface area (Å²) in [6.45, 7) is 107. The summed E-state index contributed by atoms with van der Waals surface area (Å²) in [5.74, 6) is 11.1. The fourth-order valence-electron chi connectivity index (χ4n) is 17.7. The predicted octanol–water partition coefficient (Wildman–Crippen LogP) is 26.2. The zero-order valence-corrected chi connectivity index (χ0v) is 75.3. The average Bonchev–Trinajstić information content (AvgIpc) is 1.43. The van der Waals surface area contributed by atoms with Gasteiger partial charge in [-0.25, -0.2) is 0 Å². The first-order valence-corrected chi connectivity index (χ1v) is 42.9. The fraction of sp³-hybridized carbons (Fsp3) is 1.00. The van der Waals surface area contributed by atoms with Crippen LogP contribution in [0.4, 0.5) is 0 Å². The predicted molar refractivity (Wildman–Crippen MR) is 446 cm³/mol. The Morgan fingerprint density at radius 1 is 0.208 bits per heavy atom. The largest absolute Gasteiger partial charge is 0.381 e. The summed E-state index contributed by atoms with van der Waals surface area (Å²) in [6, 6.07) is 0. The third-order valence-electron chi connectivity index (χ3n) is 25.2. The smallest absolute Gasteiger partial charge is 0.0527 e. The van der Waals surface area contributed by atoms with E-state index >= 15 is 0 Å². The van der Waals surface area contributed by atoms with Gasteiger partial charge < -0.3 is 36.1 Å². The Hall–Kier alpha value is -0.280. The van der Waals surface area contributed by atoms with Crippen LogP contribution in [0.15, 0.2) is 0 Å². The minimum absolute atomic E-state index is 0.429. The van der Waals surface area contributed by atoms with Crippen LogP contribution in [0, 0.1) is 110 Å². The van der Waals surface area contributed by atoms with E-state index in [2.05, 4.69) is 220 Å². The first kappa shape index (κ1) is 109. The molecule has 0 saturated carbocycles. The van der Waals surface area contributed by atoms with Gasteiger partial charge in [-0.05, 0) is 233 Å². The highest BCUT2D eigenvalue weighted by molar-refractivity contribution is 4.99. The number of hydrogen-bond donors (Lipinski definition) is 5. The van der Waals surface area contributed by atoms with E-state index in [-0.39, 0.29) is 0 Å². The Balaban J connectivity index is -0.000000186. The first-order valence-electron chi connectivity index (χ1n) is 42.9. The summed E-state index contributed by atoms with van der Waals surface area (Å²) < 4.78 is 11.0. The lowest BCUT2D eigenvalue weighted by molar-refractivity contribution is -0.0621. The molecule has 0 spiro atoms. The first-order chi connectivity index (χ1) is 45.2. The zero-order chi connectivity index (χ0) is 76.9. The van der Waals surface area contributed by atoms with Gasteiger partial charge in [-0.3, -0.25) is 0 Å². The summed E-state index contributed by atoms with van der Waals surface area (Å²) >= 11 is 0. The van der Waals surface area contributed by atoms with Crippen LogP contribution in [-0.2, 0) is 9.47 Å². The van der Waals surface area contributed by atoms with E-state index in [1.54, 1.807) is 0 Å². The van der Waals surface area contributed by atoms with Crippen molar-refractivity contribution in [2.75, 3.05) is 78.8 Å². The molecule has 0 aromatic carbocycles. The van der Waals surface area contributed by atoms with Crippen LogP contribution in [-0.4, -0.2) is 89.9 Å². The SMILES string of the molecule is CC.CC.CC.CC.CC.CC.CC.CC(C)C1(C(C)C)CCCCN1.CC(C)C1(C(C)C)CCCN1.CC(C)C1(C(C)C)CCCNC1.CC(C)C1(C(C)C)CCCOC1.CC(C)C1(C(C)C)CCNC1.CC(C)C1(C(C)C)CCNCC1.CC(C)C1(C(C)C)CCOCC1. The molecular weight excluding hydrogens is 1170 g/mol. The topological polar surface area (TPSA) is 78.6 Å². The molecule has 7 rings (SSSR count). The highest BCUT2D eigenvalue weighted by atomic mass is 16.5. The molecule has 7 heteroatoms. The summed E-state index contributed by atoms with van der Waals surface area (Å²) in [7, 11) is 0. The highest BCUT2D eigenvalue weighted by Gasteiger charge is 2.44. The molecule has 96 heavy (non-hydrogen) atoms. The number of piperidine rings is 3. The van der Waals surface area contributed by atoms with Crippen molar-refractivity contribution in [3.05, 3.63) is 0 Å². The van der Waals surface area contributed by atoms with Crippen LogP contribution >= 0.6 is 0 Å². The maximum atomic E-state index is 5.61. The molecule has 7 aliphatic rings. The third-order valence-corrected chi connectivity index (χ3v) is 25.2. The summed E-state index contributed by atoms with van der Waals surface area (Å²) in [4.78, 5) is 0. The van der Waals surface area contributed by atoms with Gasteiger partial charge in [0.25, 0.3) is 0 Å². The molecule has 7 nitrogen and oxygen atoms in total. The van der Waals surface area contributed by atoms with Gasteiger partial charge in [-0.1, -0.05) is 297 Å². The number of hydrogen-bond acceptors (Lipinski definition) is 7.